The number of methoxy groups -OCH3 is 1. The summed E-state index contributed by atoms with van der Waals surface area (Å²) >= 11 is 0. The minimum Gasteiger partial charge on any atom is -0.382 e. The molecule has 0 spiro atoms. The Kier molecular flexibility index (Phi) is 5.90. The minimum atomic E-state index is 0.204. The standard InChI is InChI=1S/C14H29NO2/c1-5-14(2,3)11-6-7-12(15)13(10-11)17-9-8-16-4/h11-13H,5-10,15H2,1-4H3. The molecule has 1 aliphatic carbocycles. The van der Waals surface area contributed by atoms with E-state index in [1.807, 2.05) is 0 Å². The normalized spacial score (nSPS) is 30.5. The lowest BCUT2D eigenvalue weighted by Gasteiger charge is -2.41. The van der Waals surface area contributed by atoms with Gasteiger partial charge in [0.05, 0.1) is 19.3 Å². The van der Waals surface area contributed by atoms with Crippen molar-refractivity contribution < 1.29 is 9.47 Å². The van der Waals surface area contributed by atoms with Gasteiger partial charge in [0.25, 0.3) is 0 Å². The Morgan fingerprint density at radius 2 is 1.94 bits per heavy atom. The quantitative estimate of drug-likeness (QED) is 0.729. The van der Waals surface area contributed by atoms with E-state index in [0.29, 0.717) is 18.6 Å². The fraction of sp³-hybridized carbons (Fsp3) is 1.00. The molecule has 0 aromatic heterocycles. The summed E-state index contributed by atoms with van der Waals surface area (Å²) in [6.45, 7) is 8.32. The largest absolute Gasteiger partial charge is 0.382 e. The molecule has 1 rings (SSSR count). The molecule has 1 aliphatic rings. The summed E-state index contributed by atoms with van der Waals surface area (Å²) in [5.41, 5.74) is 6.55. The maximum absolute atomic E-state index is 6.14. The van der Waals surface area contributed by atoms with Gasteiger partial charge in [-0.25, -0.2) is 0 Å². The Morgan fingerprint density at radius 3 is 2.53 bits per heavy atom. The van der Waals surface area contributed by atoms with Crippen LogP contribution in [0.25, 0.3) is 0 Å². The third kappa shape index (κ3) is 4.23. The predicted molar refractivity (Wildman–Crippen MR) is 71.0 cm³/mol. The molecule has 1 fully saturated rings. The van der Waals surface area contributed by atoms with Crippen LogP contribution in [0.3, 0.4) is 0 Å². The van der Waals surface area contributed by atoms with Gasteiger partial charge in [0, 0.05) is 13.2 Å². The Balaban J connectivity index is 2.47. The van der Waals surface area contributed by atoms with Crippen LogP contribution in [0.4, 0.5) is 0 Å². The fourth-order valence-electron chi connectivity index (χ4n) is 2.63. The summed E-state index contributed by atoms with van der Waals surface area (Å²) in [7, 11) is 1.70. The Morgan fingerprint density at radius 1 is 1.24 bits per heavy atom. The molecule has 0 radical (unpaired) electrons. The van der Waals surface area contributed by atoms with Gasteiger partial charge in [-0.3, -0.25) is 0 Å². The lowest BCUT2D eigenvalue weighted by Crippen LogP contribution is -2.45. The molecule has 2 N–H and O–H groups in total. The van der Waals surface area contributed by atoms with Crippen LogP contribution in [0.2, 0.25) is 0 Å². The highest BCUT2D eigenvalue weighted by atomic mass is 16.5. The Hall–Kier alpha value is -0.120. The summed E-state index contributed by atoms with van der Waals surface area (Å²) in [5.74, 6) is 0.736. The van der Waals surface area contributed by atoms with Crippen molar-refractivity contribution >= 4 is 0 Å². The summed E-state index contributed by atoms with van der Waals surface area (Å²) < 4.78 is 10.9. The Labute approximate surface area is 106 Å². The van der Waals surface area contributed by atoms with Crippen LogP contribution in [-0.4, -0.2) is 32.5 Å². The molecular formula is C14H29NO2. The number of hydrogen-bond donors (Lipinski definition) is 1. The van der Waals surface area contributed by atoms with Gasteiger partial charge in [0.1, 0.15) is 0 Å². The average Bonchev–Trinajstić information content (AvgIpc) is 2.31. The number of rotatable bonds is 6. The second-order valence-electron chi connectivity index (χ2n) is 5.92. The van der Waals surface area contributed by atoms with Crippen LogP contribution in [-0.2, 0) is 9.47 Å². The maximum atomic E-state index is 6.14. The highest BCUT2D eigenvalue weighted by molar-refractivity contribution is 4.89. The van der Waals surface area contributed by atoms with E-state index < -0.39 is 0 Å². The highest BCUT2D eigenvalue weighted by Gasteiger charge is 2.36. The zero-order valence-corrected chi connectivity index (χ0v) is 11.9. The SMILES string of the molecule is CCC(C)(C)C1CCC(N)C(OCCOC)C1. The maximum Gasteiger partial charge on any atom is 0.0729 e. The first-order valence-electron chi connectivity index (χ1n) is 6.87. The van der Waals surface area contributed by atoms with E-state index in [9.17, 15) is 0 Å². The molecule has 0 aromatic rings. The van der Waals surface area contributed by atoms with Crippen molar-refractivity contribution in [2.24, 2.45) is 17.1 Å². The molecule has 0 aliphatic heterocycles. The number of ether oxygens (including phenoxy) is 2. The highest BCUT2D eigenvalue weighted by Crippen LogP contribution is 2.40. The van der Waals surface area contributed by atoms with Crippen molar-refractivity contribution in [3.8, 4) is 0 Å². The van der Waals surface area contributed by atoms with Gasteiger partial charge in [0.2, 0.25) is 0 Å². The molecule has 0 heterocycles. The van der Waals surface area contributed by atoms with Gasteiger partial charge >= 0.3 is 0 Å². The summed E-state index contributed by atoms with van der Waals surface area (Å²) in [4.78, 5) is 0. The van der Waals surface area contributed by atoms with Gasteiger partial charge in [0.15, 0.2) is 0 Å². The van der Waals surface area contributed by atoms with Crippen molar-refractivity contribution in [3.05, 3.63) is 0 Å². The van der Waals surface area contributed by atoms with Gasteiger partial charge in [-0.2, -0.15) is 0 Å². The predicted octanol–water partition coefficient (Wildman–Crippen LogP) is 2.58. The zero-order valence-electron chi connectivity index (χ0n) is 11.9. The van der Waals surface area contributed by atoms with Crippen molar-refractivity contribution in [2.75, 3.05) is 20.3 Å². The molecule has 17 heavy (non-hydrogen) atoms. The first kappa shape index (κ1) is 14.9. The monoisotopic (exact) mass is 243 g/mol. The Bertz CT molecular complexity index is 218. The smallest absolute Gasteiger partial charge is 0.0729 e. The topological polar surface area (TPSA) is 44.5 Å². The first-order chi connectivity index (χ1) is 8.01. The van der Waals surface area contributed by atoms with Crippen molar-refractivity contribution in [1.82, 2.24) is 0 Å². The van der Waals surface area contributed by atoms with E-state index in [2.05, 4.69) is 20.8 Å². The van der Waals surface area contributed by atoms with E-state index in [1.165, 1.54) is 12.8 Å². The molecule has 0 bridgehead atoms. The lowest BCUT2D eigenvalue weighted by molar-refractivity contribution is -0.0384. The van der Waals surface area contributed by atoms with E-state index in [-0.39, 0.29) is 12.1 Å². The van der Waals surface area contributed by atoms with Gasteiger partial charge in [-0.15, -0.1) is 0 Å². The summed E-state index contributed by atoms with van der Waals surface area (Å²) in [6, 6.07) is 0.204. The minimum absolute atomic E-state index is 0.204. The number of nitrogens with two attached hydrogens (primary N) is 1. The molecule has 3 nitrogen and oxygen atoms in total. The van der Waals surface area contributed by atoms with Crippen molar-refractivity contribution in [3.63, 3.8) is 0 Å². The molecule has 1 saturated carbocycles. The number of hydrogen-bond acceptors (Lipinski definition) is 3. The molecule has 102 valence electrons. The van der Waals surface area contributed by atoms with Crippen LogP contribution >= 0.6 is 0 Å². The molecule has 0 amide bonds. The van der Waals surface area contributed by atoms with Gasteiger partial charge < -0.3 is 15.2 Å². The zero-order chi connectivity index (χ0) is 12.9. The second kappa shape index (κ2) is 6.72. The van der Waals surface area contributed by atoms with Crippen LogP contribution in [0.15, 0.2) is 0 Å². The molecule has 3 atom stereocenters. The summed E-state index contributed by atoms with van der Waals surface area (Å²) in [5, 5.41) is 0. The average molecular weight is 243 g/mol. The first-order valence-corrected chi connectivity index (χ1v) is 6.87. The second-order valence-corrected chi connectivity index (χ2v) is 5.92. The van der Waals surface area contributed by atoms with Crippen molar-refractivity contribution in [2.45, 2.75) is 58.6 Å². The van der Waals surface area contributed by atoms with E-state index in [0.717, 1.165) is 18.8 Å². The van der Waals surface area contributed by atoms with Crippen LogP contribution in [0.1, 0.15) is 46.5 Å². The van der Waals surface area contributed by atoms with Crippen LogP contribution in [0, 0.1) is 11.3 Å². The van der Waals surface area contributed by atoms with E-state index >= 15 is 0 Å². The van der Waals surface area contributed by atoms with Crippen LogP contribution in [0.5, 0.6) is 0 Å². The van der Waals surface area contributed by atoms with E-state index in [1.54, 1.807) is 7.11 Å². The molecule has 3 unspecified atom stereocenters. The van der Waals surface area contributed by atoms with Gasteiger partial charge in [-0.05, 0) is 30.6 Å². The fourth-order valence-corrected chi connectivity index (χ4v) is 2.63. The molecule has 0 saturated heterocycles. The molecule has 3 heteroatoms. The molecule has 0 aromatic carbocycles. The molecular weight excluding hydrogens is 214 g/mol. The summed E-state index contributed by atoms with van der Waals surface area (Å²) in [6.07, 6.45) is 4.87. The van der Waals surface area contributed by atoms with Crippen molar-refractivity contribution in [1.29, 1.82) is 0 Å². The van der Waals surface area contributed by atoms with Crippen LogP contribution < -0.4 is 5.73 Å². The van der Waals surface area contributed by atoms with E-state index in [4.69, 9.17) is 15.2 Å². The lowest BCUT2D eigenvalue weighted by atomic mass is 9.68. The third-order valence-electron chi connectivity index (χ3n) is 4.48. The third-order valence-corrected chi connectivity index (χ3v) is 4.48. The van der Waals surface area contributed by atoms with Gasteiger partial charge in [-0.1, -0.05) is 27.2 Å².